The Hall–Kier alpha value is -2.68. The Balaban J connectivity index is 2.01. The van der Waals surface area contributed by atoms with Crippen molar-refractivity contribution in [2.45, 2.75) is 77.7 Å². The molecule has 3 N–H and O–H groups in total. The van der Waals surface area contributed by atoms with Crippen molar-refractivity contribution < 1.29 is 24.2 Å². The predicted octanol–water partition coefficient (Wildman–Crippen LogP) is 2.10. The number of pyridine rings is 1. The van der Waals surface area contributed by atoms with Crippen molar-refractivity contribution in [1.82, 2.24) is 20.5 Å². The summed E-state index contributed by atoms with van der Waals surface area (Å²) in [7, 11) is 0. The topological polar surface area (TPSA) is 121 Å². The van der Waals surface area contributed by atoms with E-state index in [4.69, 9.17) is 4.74 Å². The first-order valence-electron chi connectivity index (χ1n) is 11.1. The highest BCUT2D eigenvalue weighted by Gasteiger charge is 2.32. The number of aliphatic hydroxyl groups is 1. The van der Waals surface area contributed by atoms with E-state index in [0.29, 0.717) is 31.5 Å². The third-order valence-electron chi connectivity index (χ3n) is 5.03. The Morgan fingerprint density at radius 2 is 2.00 bits per heavy atom. The molecule has 2 rings (SSSR count). The highest BCUT2D eigenvalue weighted by atomic mass is 16.6. The van der Waals surface area contributed by atoms with E-state index < -0.39 is 29.9 Å². The third kappa shape index (κ3) is 8.11. The van der Waals surface area contributed by atoms with Gasteiger partial charge in [0.25, 0.3) is 5.91 Å². The van der Waals surface area contributed by atoms with Gasteiger partial charge in [0, 0.05) is 19.3 Å². The van der Waals surface area contributed by atoms with E-state index in [9.17, 15) is 19.5 Å². The highest BCUT2D eigenvalue weighted by molar-refractivity contribution is 5.92. The number of amides is 3. The summed E-state index contributed by atoms with van der Waals surface area (Å²) in [5.41, 5.74) is -0.356. The highest BCUT2D eigenvalue weighted by Crippen LogP contribution is 2.16. The second-order valence-electron chi connectivity index (χ2n) is 9.62. The molecule has 1 aromatic rings. The zero-order chi connectivity index (χ0) is 23.9. The summed E-state index contributed by atoms with van der Waals surface area (Å²) in [6.07, 6.45) is 1.52. The number of nitrogens with zero attached hydrogens (tertiary/aromatic N) is 2. The molecule has 3 atom stereocenters. The van der Waals surface area contributed by atoms with Crippen LogP contribution >= 0.6 is 0 Å². The number of alkyl carbamates (subject to hydrolysis) is 1. The largest absolute Gasteiger partial charge is 0.444 e. The van der Waals surface area contributed by atoms with Gasteiger partial charge in [-0.1, -0.05) is 19.9 Å². The molecule has 0 radical (unpaired) electrons. The molecule has 0 spiro atoms. The van der Waals surface area contributed by atoms with Gasteiger partial charge in [-0.2, -0.15) is 0 Å². The summed E-state index contributed by atoms with van der Waals surface area (Å²) in [6.45, 7) is 9.73. The summed E-state index contributed by atoms with van der Waals surface area (Å²) in [5, 5.41) is 16.2. The minimum atomic E-state index is -0.935. The number of carbonyl (C=O) groups is 3. The zero-order valence-electron chi connectivity index (χ0n) is 19.6. The van der Waals surface area contributed by atoms with Gasteiger partial charge in [-0.25, -0.2) is 4.79 Å². The number of likely N-dealkylation sites (tertiary alicyclic amines) is 1. The van der Waals surface area contributed by atoms with Gasteiger partial charge in [0.05, 0.1) is 12.1 Å². The quantitative estimate of drug-likeness (QED) is 0.613. The fourth-order valence-electron chi connectivity index (χ4n) is 3.58. The van der Waals surface area contributed by atoms with E-state index in [1.54, 1.807) is 50.1 Å². The van der Waals surface area contributed by atoms with Gasteiger partial charge in [-0.15, -0.1) is 0 Å². The molecule has 0 bridgehead atoms. The van der Waals surface area contributed by atoms with Gasteiger partial charge >= 0.3 is 6.09 Å². The van der Waals surface area contributed by atoms with E-state index in [0.717, 1.165) is 0 Å². The second kappa shape index (κ2) is 11.3. The molecule has 178 valence electrons. The monoisotopic (exact) mass is 448 g/mol. The molecule has 2 unspecified atom stereocenters. The molecule has 3 amide bonds. The maximum atomic E-state index is 13.0. The molecule has 32 heavy (non-hydrogen) atoms. The fraction of sp³-hybridized carbons (Fsp3) is 0.652. The first-order chi connectivity index (χ1) is 15.0. The Morgan fingerprint density at radius 3 is 2.59 bits per heavy atom. The molecule has 1 aliphatic heterocycles. The molecule has 0 aliphatic carbocycles. The van der Waals surface area contributed by atoms with E-state index >= 15 is 0 Å². The molecule has 9 nitrogen and oxygen atoms in total. The zero-order valence-corrected chi connectivity index (χ0v) is 19.6. The Bertz CT molecular complexity index is 778. The number of rotatable bonds is 6. The van der Waals surface area contributed by atoms with E-state index in [1.807, 2.05) is 13.8 Å². The summed E-state index contributed by atoms with van der Waals surface area (Å²) >= 11 is 0. The molecular formula is C23H36N4O5. The molecule has 1 saturated heterocycles. The van der Waals surface area contributed by atoms with Crippen LogP contribution in [0.4, 0.5) is 4.79 Å². The average molecular weight is 449 g/mol. The molecule has 1 aliphatic rings. The lowest BCUT2D eigenvalue weighted by Crippen LogP contribution is -2.54. The van der Waals surface area contributed by atoms with Crippen molar-refractivity contribution >= 4 is 17.9 Å². The summed E-state index contributed by atoms with van der Waals surface area (Å²) in [5.74, 6) is -0.467. The number of hydrogen-bond donors (Lipinski definition) is 3. The Labute approximate surface area is 189 Å². The second-order valence-corrected chi connectivity index (χ2v) is 9.62. The van der Waals surface area contributed by atoms with Crippen LogP contribution in [0.1, 0.15) is 64.4 Å². The van der Waals surface area contributed by atoms with Gasteiger partial charge < -0.3 is 25.4 Å². The maximum Gasteiger partial charge on any atom is 0.408 e. The van der Waals surface area contributed by atoms with Crippen LogP contribution in [0, 0.1) is 5.92 Å². The standard InChI is InChI=1S/C23H36N4O5/c1-15(2)13-18(26-22(31)32-23(3,4)5)20(29)25-16-10-8-12-27(14-19(16)28)21(30)17-9-6-7-11-24-17/h6-7,9,11,15-16,18-19,28H,8,10,12-14H2,1-5H3,(H,25,29)(H,26,31)/t16?,18-,19?/m0/s1. The van der Waals surface area contributed by atoms with Crippen LogP contribution in [0.2, 0.25) is 0 Å². The first-order valence-corrected chi connectivity index (χ1v) is 11.1. The first kappa shape index (κ1) is 25.6. The van der Waals surface area contributed by atoms with Crippen LogP contribution in [0.15, 0.2) is 24.4 Å². The van der Waals surface area contributed by atoms with Crippen molar-refractivity contribution in [2.24, 2.45) is 5.92 Å². The number of β-amino-alcohol motifs (C(OH)–C–C–N with tert-alkyl or cyclic N) is 1. The van der Waals surface area contributed by atoms with Gasteiger partial charge in [-0.3, -0.25) is 14.6 Å². The average Bonchev–Trinajstić information content (AvgIpc) is 2.87. The van der Waals surface area contributed by atoms with Crippen molar-refractivity contribution in [3.63, 3.8) is 0 Å². The lowest BCUT2D eigenvalue weighted by molar-refractivity contribution is -0.125. The van der Waals surface area contributed by atoms with Crippen LogP contribution in [0.5, 0.6) is 0 Å². The van der Waals surface area contributed by atoms with Crippen molar-refractivity contribution in [2.75, 3.05) is 13.1 Å². The van der Waals surface area contributed by atoms with Crippen molar-refractivity contribution in [1.29, 1.82) is 0 Å². The number of nitrogens with one attached hydrogen (secondary N) is 2. The summed E-state index contributed by atoms with van der Waals surface area (Å²) in [6, 6.07) is 3.80. The summed E-state index contributed by atoms with van der Waals surface area (Å²) in [4.78, 5) is 43.5. The minimum Gasteiger partial charge on any atom is -0.444 e. The maximum absolute atomic E-state index is 13.0. The molecule has 1 fully saturated rings. The smallest absolute Gasteiger partial charge is 0.408 e. The number of aromatic nitrogens is 1. The van der Waals surface area contributed by atoms with Gasteiger partial charge in [0.15, 0.2) is 0 Å². The number of carbonyl (C=O) groups excluding carboxylic acids is 3. The fourth-order valence-corrected chi connectivity index (χ4v) is 3.58. The van der Waals surface area contributed by atoms with E-state index in [2.05, 4.69) is 15.6 Å². The van der Waals surface area contributed by atoms with Gasteiger partial charge in [-0.05, 0) is 58.1 Å². The van der Waals surface area contributed by atoms with Gasteiger partial charge in [0.2, 0.25) is 5.91 Å². The van der Waals surface area contributed by atoms with Crippen LogP contribution in [0.3, 0.4) is 0 Å². The number of hydrogen-bond acceptors (Lipinski definition) is 6. The SMILES string of the molecule is CC(C)C[C@H](NC(=O)OC(C)(C)C)C(=O)NC1CCCN(C(=O)c2ccccn2)CC1O. The van der Waals surface area contributed by atoms with Crippen LogP contribution in [0.25, 0.3) is 0 Å². The lowest BCUT2D eigenvalue weighted by Gasteiger charge is -2.28. The van der Waals surface area contributed by atoms with Crippen molar-refractivity contribution in [3.8, 4) is 0 Å². The van der Waals surface area contributed by atoms with Crippen molar-refractivity contribution in [3.05, 3.63) is 30.1 Å². The lowest BCUT2D eigenvalue weighted by atomic mass is 10.0. The number of ether oxygens (including phenoxy) is 1. The molecule has 9 heteroatoms. The predicted molar refractivity (Wildman–Crippen MR) is 120 cm³/mol. The van der Waals surface area contributed by atoms with Gasteiger partial charge in [0.1, 0.15) is 17.3 Å². The minimum absolute atomic E-state index is 0.0920. The van der Waals surface area contributed by atoms with Crippen LogP contribution < -0.4 is 10.6 Å². The van der Waals surface area contributed by atoms with E-state index in [-0.39, 0.29) is 24.3 Å². The molecule has 1 aromatic heterocycles. The Morgan fingerprint density at radius 1 is 1.28 bits per heavy atom. The number of aliphatic hydroxyl groups excluding tert-OH is 1. The van der Waals surface area contributed by atoms with Crippen LogP contribution in [-0.4, -0.2) is 69.8 Å². The normalized spacial score (nSPS) is 20.3. The molecule has 0 aromatic carbocycles. The molecular weight excluding hydrogens is 412 g/mol. The summed E-state index contributed by atoms with van der Waals surface area (Å²) < 4.78 is 5.28. The third-order valence-corrected chi connectivity index (χ3v) is 5.03. The van der Waals surface area contributed by atoms with Crippen LogP contribution in [-0.2, 0) is 9.53 Å². The van der Waals surface area contributed by atoms with E-state index in [1.165, 1.54) is 0 Å². The Kier molecular flexibility index (Phi) is 9.00. The molecule has 0 saturated carbocycles. The molecule has 2 heterocycles.